The summed E-state index contributed by atoms with van der Waals surface area (Å²) in [4.78, 5) is 6.98. The van der Waals surface area contributed by atoms with Gasteiger partial charge in [-0.05, 0) is 67.5 Å². The smallest absolute Gasteiger partial charge is 0.170 e. The average molecular weight is 407 g/mol. The fourth-order valence-electron chi connectivity index (χ4n) is 4.75. The normalized spacial score (nSPS) is 22.2. The van der Waals surface area contributed by atoms with Gasteiger partial charge in [-0.2, -0.15) is 0 Å². The summed E-state index contributed by atoms with van der Waals surface area (Å²) in [6.45, 7) is 0. The van der Waals surface area contributed by atoms with Crippen LogP contribution < -0.4 is 5.32 Å². The summed E-state index contributed by atoms with van der Waals surface area (Å²) in [6, 6.07) is 17.2. The van der Waals surface area contributed by atoms with Crippen LogP contribution in [0.5, 0.6) is 0 Å². The molecule has 2 aliphatic rings. The average Bonchev–Trinajstić information content (AvgIpc) is 3.48. The lowest BCUT2D eigenvalue weighted by molar-refractivity contribution is 0.239. The Balaban J connectivity index is 1.62. The summed E-state index contributed by atoms with van der Waals surface area (Å²) < 4.78 is 16.0. The molecule has 29 heavy (non-hydrogen) atoms. The molecule has 3 heterocycles. The molecule has 1 N–H and O–H groups in total. The van der Waals surface area contributed by atoms with Gasteiger partial charge in [0.1, 0.15) is 5.82 Å². The third-order valence-electron chi connectivity index (χ3n) is 6.02. The molecule has 0 spiro atoms. The minimum Gasteiger partial charge on any atom is -0.352 e. The van der Waals surface area contributed by atoms with Crippen LogP contribution in [0.1, 0.15) is 49.2 Å². The van der Waals surface area contributed by atoms with Gasteiger partial charge in [0, 0.05) is 29.8 Å². The van der Waals surface area contributed by atoms with Crippen molar-refractivity contribution in [1.82, 2.24) is 19.8 Å². The van der Waals surface area contributed by atoms with Crippen LogP contribution in [0.4, 0.5) is 4.39 Å². The lowest BCUT2D eigenvalue weighted by Crippen LogP contribution is -2.38. The van der Waals surface area contributed by atoms with Crippen molar-refractivity contribution in [2.24, 2.45) is 0 Å². The van der Waals surface area contributed by atoms with Gasteiger partial charge in [-0.3, -0.25) is 4.98 Å². The molecule has 2 atom stereocenters. The van der Waals surface area contributed by atoms with Crippen LogP contribution in [-0.2, 0) is 0 Å². The van der Waals surface area contributed by atoms with Crippen molar-refractivity contribution in [3.8, 4) is 5.69 Å². The lowest BCUT2D eigenvalue weighted by Gasteiger charge is -2.33. The predicted molar refractivity (Wildman–Crippen MR) is 115 cm³/mol. The van der Waals surface area contributed by atoms with E-state index in [0.29, 0.717) is 6.04 Å². The molecule has 2 fully saturated rings. The minimum absolute atomic E-state index is 0.00114. The van der Waals surface area contributed by atoms with Gasteiger partial charge in [0.15, 0.2) is 5.11 Å². The van der Waals surface area contributed by atoms with E-state index >= 15 is 0 Å². The molecule has 0 radical (unpaired) electrons. The molecule has 2 unspecified atom stereocenters. The number of rotatable bonds is 4. The zero-order valence-electron chi connectivity index (χ0n) is 16.0. The molecule has 5 rings (SSSR count). The zero-order chi connectivity index (χ0) is 19.8. The fourth-order valence-corrected chi connectivity index (χ4v) is 5.14. The number of hydrogen-bond donors (Lipinski definition) is 1. The van der Waals surface area contributed by atoms with Gasteiger partial charge in [0.2, 0.25) is 0 Å². The Labute approximate surface area is 175 Å². The molecular weight excluding hydrogens is 383 g/mol. The quantitative estimate of drug-likeness (QED) is 0.623. The molecular formula is C23H23FN4S. The first kappa shape index (κ1) is 18.3. The van der Waals surface area contributed by atoms with Crippen molar-refractivity contribution in [2.45, 2.75) is 43.8 Å². The number of halogens is 1. The van der Waals surface area contributed by atoms with Crippen molar-refractivity contribution in [3.63, 3.8) is 0 Å². The van der Waals surface area contributed by atoms with Crippen LogP contribution in [0.3, 0.4) is 0 Å². The van der Waals surface area contributed by atoms with E-state index in [1.54, 1.807) is 12.1 Å². The van der Waals surface area contributed by atoms with E-state index in [2.05, 4.69) is 25.8 Å². The van der Waals surface area contributed by atoms with Crippen LogP contribution in [0, 0.1) is 5.82 Å². The van der Waals surface area contributed by atoms with E-state index in [9.17, 15) is 4.39 Å². The predicted octanol–water partition coefficient (Wildman–Crippen LogP) is 4.93. The zero-order valence-corrected chi connectivity index (χ0v) is 16.9. The molecule has 0 amide bonds. The van der Waals surface area contributed by atoms with Gasteiger partial charge in [0.05, 0.1) is 17.8 Å². The number of nitrogens with one attached hydrogen (secondary N) is 1. The van der Waals surface area contributed by atoms with Gasteiger partial charge < -0.3 is 14.8 Å². The summed E-state index contributed by atoms with van der Waals surface area (Å²) in [7, 11) is 0. The first-order valence-corrected chi connectivity index (χ1v) is 10.6. The van der Waals surface area contributed by atoms with Crippen LogP contribution in [-0.4, -0.2) is 25.6 Å². The first-order chi connectivity index (χ1) is 14.2. The van der Waals surface area contributed by atoms with Crippen LogP contribution in [0.2, 0.25) is 0 Å². The number of benzene rings is 1. The van der Waals surface area contributed by atoms with E-state index in [-0.39, 0.29) is 17.9 Å². The molecule has 4 nitrogen and oxygen atoms in total. The molecule has 148 valence electrons. The van der Waals surface area contributed by atoms with Gasteiger partial charge in [-0.25, -0.2) is 4.39 Å². The second-order valence-electron chi connectivity index (χ2n) is 7.76. The summed E-state index contributed by atoms with van der Waals surface area (Å²) in [5, 5.41) is 4.32. The summed E-state index contributed by atoms with van der Waals surface area (Å²) in [6.07, 6.45) is 8.57. The number of aromatic nitrogens is 2. The maximum atomic E-state index is 13.9. The largest absolute Gasteiger partial charge is 0.352 e. The van der Waals surface area contributed by atoms with E-state index in [1.807, 2.05) is 42.7 Å². The summed E-state index contributed by atoms with van der Waals surface area (Å²) in [5.41, 5.74) is 2.87. The van der Waals surface area contributed by atoms with Crippen molar-refractivity contribution in [1.29, 1.82) is 0 Å². The van der Waals surface area contributed by atoms with Crippen molar-refractivity contribution >= 4 is 17.3 Å². The second-order valence-corrected chi connectivity index (χ2v) is 8.14. The molecule has 2 aromatic heterocycles. The van der Waals surface area contributed by atoms with Crippen LogP contribution in [0.25, 0.3) is 5.69 Å². The third kappa shape index (κ3) is 3.31. The second kappa shape index (κ2) is 7.59. The summed E-state index contributed by atoms with van der Waals surface area (Å²) >= 11 is 5.80. The molecule has 1 aliphatic heterocycles. The number of hydrogen-bond acceptors (Lipinski definition) is 2. The van der Waals surface area contributed by atoms with E-state index in [4.69, 9.17) is 12.2 Å². The SMILES string of the molecule is Fc1cccc(-n2cccc2C2C(c3ccccn3)NC(=S)N2C2CCCC2)c1. The van der Waals surface area contributed by atoms with Crippen LogP contribution >= 0.6 is 12.2 Å². The first-order valence-electron chi connectivity index (χ1n) is 10.2. The maximum absolute atomic E-state index is 13.9. The van der Waals surface area contributed by atoms with E-state index in [1.165, 1.54) is 18.9 Å². The molecule has 1 aromatic carbocycles. The Hall–Kier alpha value is -2.73. The Morgan fingerprint density at radius 2 is 1.90 bits per heavy atom. The Kier molecular flexibility index (Phi) is 4.79. The van der Waals surface area contributed by atoms with Gasteiger partial charge >= 0.3 is 0 Å². The lowest BCUT2D eigenvalue weighted by atomic mass is 9.99. The number of thiocarbonyl (C=S) groups is 1. The monoisotopic (exact) mass is 406 g/mol. The van der Waals surface area contributed by atoms with E-state index < -0.39 is 0 Å². The molecule has 1 saturated heterocycles. The van der Waals surface area contributed by atoms with Crippen molar-refractivity contribution in [2.75, 3.05) is 0 Å². The highest BCUT2D eigenvalue weighted by Gasteiger charge is 2.44. The van der Waals surface area contributed by atoms with Gasteiger partial charge in [0.25, 0.3) is 0 Å². The highest BCUT2D eigenvalue weighted by molar-refractivity contribution is 7.80. The van der Waals surface area contributed by atoms with Crippen LogP contribution in [0.15, 0.2) is 67.0 Å². The Morgan fingerprint density at radius 3 is 2.66 bits per heavy atom. The van der Waals surface area contributed by atoms with Gasteiger partial charge in [-0.1, -0.05) is 25.0 Å². The third-order valence-corrected chi connectivity index (χ3v) is 6.35. The van der Waals surface area contributed by atoms with Crippen molar-refractivity contribution in [3.05, 3.63) is 84.2 Å². The van der Waals surface area contributed by atoms with Crippen molar-refractivity contribution < 1.29 is 4.39 Å². The molecule has 1 saturated carbocycles. The molecule has 0 bridgehead atoms. The highest BCUT2D eigenvalue weighted by Crippen LogP contribution is 2.43. The van der Waals surface area contributed by atoms with Gasteiger partial charge in [-0.15, -0.1) is 0 Å². The number of pyridine rings is 1. The molecule has 1 aliphatic carbocycles. The summed E-state index contributed by atoms with van der Waals surface area (Å²) in [5.74, 6) is -0.240. The minimum atomic E-state index is -0.240. The Morgan fingerprint density at radius 1 is 1.03 bits per heavy atom. The maximum Gasteiger partial charge on any atom is 0.170 e. The molecule has 3 aromatic rings. The standard InChI is InChI=1S/C23H23FN4S/c24-16-7-5-10-18(15-16)27-14-6-12-20(27)22-21(19-11-3-4-13-25-19)26-23(29)28(22)17-8-1-2-9-17/h3-7,10-15,17,21-22H,1-2,8-9H2,(H,26,29). The Bertz CT molecular complexity index is 1010. The highest BCUT2D eigenvalue weighted by atomic mass is 32.1. The molecule has 6 heteroatoms. The number of nitrogens with zero attached hydrogens (tertiary/aromatic N) is 3. The van der Waals surface area contributed by atoms with E-state index in [0.717, 1.165) is 35.0 Å². The fraction of sp³-hybridized carbons (Fsp3) is 0.304. The topological polar surface area (TPSA) is 33.1 Å².